The Morgan fingerprint density at radius 1 is 0.963 bits per heavy atom. The monoisotopic (exact) mass is 385 g/mol. The molecule has 2 aromatic rings. The fourth-order valence-electron chi connectivity index (χ4n) is 3.52. The highest BCUT2D eigenvalue weighted by Crippen LogP contribution is 2.24. The van der Waals surface area contributed by atoms with E-state index in [-0.39, 0.29) is 0 Å². The summed E-state index contributed by atoms with van der Waals surface area (Å²) in [7, 11) is -3.42. The summed E-state index contributed by atoms with van der Waals surface area (Å²) in [5.41, 5.74) is 4.26. The van der Waals surface area contributed by atoms with Crippen LogP contribution in [0.15, 0.2) is 53.4 Å². The van der Waals surface area contributed by atoms with E-state index in [1.165, 1.54) is 10.5 Å². The van der Waals surface area contributed by atoms with Gasteiger partial charge in [0, 0.05) is 0 Å². The third-order valence-electron chi connectivity index (χ3n) is 5.57. The molecular weight excluding hydrogens is 356 g/mol. The van der Waals surface area contributed by atoms with Gasteiger partial charge in [-0.05, 0) is 55.2 Å². The lowest BCUT2D eigenvalue weighted by molar-refractivity contribution is -0.897. The number of hydrogen-bond donors (Lipinski definition) is 1. The van der Waals surface area contributed by atoms with Crippen LogP contribution in [0.1, 0.15) is 22.3 Å². The molecule has 0 bridgehead atoms. The molecule has 1 aliphatic rings. The number of rotatable bonds is 5. The van der Waals surface area contributed by atoms with Gasteiger partial charge < -0.3 is 4.90 Å². The summed E-state index contributed by atoms with van der Waals surface area (Å²) in [5.74, 6) is 0. The zero-order chi connectivity index (χ0) is 19.4. The highest BCUT2D eigenvalue weighted by Gasteiger charge is 2.31. The largest absolute Gasteiger partial charge is 0.329 e. The van der Waals surface area contributed by atoms with Crippen molar-refractivity contribution in [1.82, 2.24) is 4.31 Å². The molecule has 1 aliphatic heterocycles. The first kappa shape index (κ1) is 19.8. The van der Waals surface area contributed by atoms with Gasteiger partial charge >= 0.3 is 0 Å². The zero-order valence-corrected chi connectivity index (χ0v) is 17.2. The van der Waals surface area contributed by atoms with Gasteiger partial charge in [-0.25, -0.2) is 8.42 Å². The first-order valence-electron chi connectivity index (χ1n) is 9.51. The summed E-state index contributed by atoms with van der Waals surface area (Å²) < 4.78 is 27.8. The molecule has 1 fully saturated rings. The summed E-state index contributed by atoms with van der Waals surface area (Å²) in [6.07, 6.45) is 4.32. The second kappa shape index (κ2) is 8.38. The molecule has 2 aromatic carbocycles. The van der Waals surface area contributed by atoms with Crippen LogP contribution in [-0.4, -0.2) is 45.4 Å². The summed E-state index contributed by atoms with van der Waals surface area (Å²) in [5, 5.41) is 0. The van der Waals surface area contributed by atoms with Crippen LogP contribution >= 0.6 is 0 Å². The van der Waals surface area contributed by atoms with Crippen LogP contribution < -0.4 is 4.90 Å². The van der Waals surface area contributed by atoms with Crippen LogP contribution in [-0.2, 0) is 10.0 Å². The number of nitrogens with zero attached hydrogens (tertiary/aromatic N) is 1. The van der Waals surface area contributed by atoms with Crippen LogP contribution in [0.5, 0.6) is 0 Å². The summed E-state index contributed by atoms with van der Waals surface area (Å²) in [4.78, 5) is 1.88. The van der Waals surface area contributed by atoms with E-state index in [1.807, 2.05) is 45.0 Å². The first-order chi connectivity index (χ1) is 12.9. The first-order valence-corrected chi connectivity index (χ1v) is 11.0. The van der Waals surface area contributed by atoms with Gasteiger partial charge in [0.25, 0.3) is 0 Å². The topological polar surface area (TPSA) is 41.8 Å². The van der Waals surface area contributed by atoms with Crippen LogP contribution in [0, 0.1) is 20.8 Å². The fraction of sp³-hybridized carbons (Fsp3) is 0.364. The molecule has 3 rings (SSSR count). The van der Waals surface area contributed by atoms with Gasteiger partial charge in [0.05, 0.1) is 37.6 Å². The fourth-order valence-corrected chi connectivity index (χ4v) is 5.24. The Balaban J connectivity index is 1.61. The number of nitrogens with one attached hydrogen (secondary N) is 1. The Bertz CT molecular complexity index is 913. The second-order valence-electron chi connectivity index (χ2n) is 7.30. The van der Waals surface area contributed by atoms with Crippen LogP contribution in [0.25, 0.3) is 6.08 Å². The van der Waals surface area contributed by atoms with E-state index in [4.69, 9.17) is 0 Å². The molecule has 5 heteroatoms. The van der Waals surface area contributed by atoms with E-state index in [1.54, 1.807) is 10.4 Å². The van der Waals surface area contributed by atoms with E-state index in [9.17, 15) is 8.42 Å². The minimum Gasteiger partial charge on any atom is -0.329 e. The minimum atomic E-state index is -3.42. The molecule has 0 amide bonds. The van der Waals surface area contributed by atoms with Crippen molar-refractivity contribution in [3.63, 3.8) is 0 Å². The van der Waals surface area contributed by atoms with Gasteiger partial charge in [0.2, 0.25) is 10.0 Å². The van der Waals surface area contributed by atoms with E-state index in [2.05, 4.69) is 24.3 Å². The Kier molecular flexibility index (Phi) is 6.15. The molecule has 0 aromatic heterocycles. The van der Waals surface area contributed by atoms with Crippen molar-refractivity contribution in [1.29, 1.82) is 0 Å². The third kappa shape index (κ3) is 4.49. The molecule has 1 saturated heterocycles. The third-order valence-corrected chi connectivity index (χ3v) is 7.62. The molecule has 1 N–H and O–H groups in total. The Morgan fingerprint density at radius 3 is 2.30 bits per heavy atom. The lowest BCUT2D eigenvalue weighted by Gasteiger charge is -2.31. The highest BCUT2D eigenvalue weighted by molar-refractivity contribution is 7.89. The number of hydrogen-bond acceptors (Lipinski definition) is 2. The van der Waals surface area contributed by atoms with Gasteiger partial charge in [0.15, 0.2) is 0 Å². The second-order valence-corrected chi connectivity index (χ2v) is 9.21. The maximum Gasteiger partial charge on any atom is 0.243 e. The molecule has 0 spiro atoms. The molecular formula is C22H29N2O2S+. The predicted octanol–water partition coefficient (Wildman–Crippen LogP) is 2.21. The van der Waals surface area contributed by atoms with E-state index < -0.39 is 10.0 Å². The van der Waals surface area contributed by atoms with Gasteiger partial charge in [-0.3, -0.25) is 0 Å². The number of quaternary nitrogens is 1. The average Bonchev–Trinajstić information content (AvgIpc) is 2.67. The Hall–Kier alpha value is -1.95. The number of sulfonamides is 1. The highest BCUT2D eigenvalue weighted by atomic mass is 32.2. The van der Waals surface area contributed by atoms with Crippen molar-refractivity contribution in [2.75, 3.05) is 32.7 Å². The van der Waals surface area contributed by atoms with Crippen molar-refractivity contribution >= 4 is 16.1 Å². The molecule has 0 unspecified atom stereocenters. The lowest BCUT2D eigenvalue weighted by atomic mass is 10.1. The van der Waals surface area contributed by atoms with Crippen LogP contribution in [0.2, 0.25) is 0 Å². The molecule has 0 atom stereocenters. The van der Waals surface area contributed by atoms with Gasteiger partial charge in [-0.1, -0.05) is 42.5 Å². The van der Waals surface area contributed by atoms with E-state index in [0.29, 0.717) is 18.0 Å². The Labute approximate surface area is 163 Å². The summed E-state index contributed by atoms with van der Waals surface area (Å²) >= 11 is 0. The average molecular weight is 386 g/mol. The van der Waals surface area contributed by atoms with Crippen LogP contribution in [0.3, 0.4) is 0 Å². The van der Waals surface area contributed by atoms with Gasteiger partial charge in [-0.15, -0.1) is 0 Å². The normalized spacial score (nSPS) is 16.9. The molecule has 0 aliphatic carbocycles. The van der Waals surface area contributed by atoms with Gasteiger partial charge in [-0.2, -0.15) is 4.31 Å². The quantitative estimate of drug-likeness (QED) is 0.858. The number of piperazine rings is 1. The predicted molar refractivity (Wildman–Crippen MR) is 110 cm³/mol. The van der Waals surface area contributed by atoms with Crippen molar-refractivity contribution in [2.45, 2.75) is 25.7 Å². The molecule has 1 heterocycles. The molecule has 0 radical (unpaired) electrons. The summed E-state index contributed by atoms with van der Waals surface area (Å²) in [6, 6.07) is 13.9. The SMILES string of the molecule is Cc1ccc(S(=O)(=O)N2CC[NH+](C/C=C/c3ccccc3)CC2)c(C)c1C. The molecule has 144 valence electrons. The zero-order valence-electron chi connectivity index (χ0n) is 16.4. The standard InChI is InChI=1S/C22H28N2O2S/c1-18-11-12-22(20(3)19(18)2)27(25,26)24-16-14-23(15-17-24)13-7-10-21-8-5-4-6-9-21/h4-12H,13-17H2,1-3H3/p+1/b10-7+. The van der Waals surface area contributed by atoms with Crippen molar-refractivity contribution in [3.8, 4) is 0 Å². The van der Waals surface area contributed by atoms with E-state index in [0.717, 1.165) is 36.3 Å². The maximum absolute atomic E-state index is 13.1. The number of aryl methyl sites for hydroxylation is 1. The van der Waals surface area contributed by atoms with Gasteiger partial charge in [0.1, 0.15) is 0 Å². The molecule has 0 saturated carbocycles. The Morgan fingerprint density at radius 2 is 1.63 bits per heavy atom. The maximum atomic E-state index is 13.1. The summed E-state index contributed by atoms with van der Waals surface area (Å²) in [6.45, 7) is 9.65. The number of benzene rings is 2. The lowest BCUT2D eigenvalue weighted by Crippen LogP contribution is -3.14. The molecule has 27 heavy (non-hydrogen) atoms. The van der Waals surface area contributed by atoms with E-state index >= 15 is 0 Å². The smallest absolute Gasteiger partial charge is 0.243 e. The molecule has 4 nitrogen and oxygen atoms in total. The minimum absolute atomic E-state index is 0.457. The van der Waals surface area contributed by atoms with Crippen molar-refractivity contribution < 1.29 is 13.3 Å². The van der Waals surface area contributed by atoms with Crippen LogP contribution in [0.4, 0.5) is 0 Å². The van der Waals surface area contributed by atoms with Crippen molar-refractivity contribution in [3.05, 3.63) is 70.8 Å². The van der Waals surface area contributed by atoms with Crippen molar-refractivity contribution in [2.24, 2.45) is 0 Å².